The van der Waals surface area contributed by atoms with E-state index in [0.29, 0.717) is 16.9 Å². The lowest BCUT2D eigenvalue weighted by atomic mass is 9.84. The molecule has 0 amide bonds. The van der Waals surface area contributed by atoms with E-state index in [-0.39, 0.29) is 34.8 Å². The van der Waals surface area contributed by atoms with Crippen molar-refractivity contribution in [1.29, 1.82) is 0 Å². The summed E-state index contributed by atoms with van der Waals surface area (Å²) in [5.41, 5.74) is 1.23. The first-order valence-electron chi connectivity index (χ1n) is 9.96. The van der Waals surface area contributed by atoms with Crippen molar-refractivity contribution in [3.05, 3.63) is 94.0 Å². The number of halogens is 3. The first-order valence-corrected chi connectivity index (χ1v) is 9.96. The molecule has 2 aliphatic heterocycles. The van der Waals surface area contributed by atoms with Crippen molar-refractivity contribution in [3.63, 3.8) is 0 Å². The van der Waals surface area contributed by atoms with Crippen LogP contribution < -0.4 is 14.2 Å². The summed E-state index contributed by atoms with van der Waals surface area (Å²) in [6, 6.07) is 11.5. The average Bonchev–Trinajstić information content (AvgIpc) is 3.12. The number of ether oxygens (including phenoxy) is 3. The van der Waals surface area contributed by atoms with Gasteiger partial charge in [-0.25, -0.2) is 13.2 Å². The lowest BCUT2D eigenvalue weighted by Gasteiger charge is -2.26. The lowest BCUT2D eigenvalue weighted by Crippen LogP contribution is -2.22. The number of benzene rings is 3. The summed E-state index contributed by atoms with van der Waals surface area (Å²) in [4.78, 5) is 25.1. The van der Waals surface area contributed by atoms with Gasteiger partial charge >= 0.3 is 5.97 Å². The third-order valence-electron chi connectivity index (χ3n) is 5.60. The first kappa shape index (κ1) is 20.8. The molecule has 3 aromatic rings. The van der Waals surface area contributed by atoms with Crippen LogP contribution in [0.2, 0.25) is 0 Å². The second-order valence-corrected chi connectivity index (χ2v) is 7.60. The Morgan fingerprint density at radius 1 is 0.970 bits per heavy atom. The molecule has 5 rings (SSSR count). The van der Waals surface area contributed by atoms with E-state index >= 15 is 0 Å². The Hall–Kier alpha value is -4.07. The van der Waals surface area contributed by atoms with Crippen molar-refractivity contribution < 1.29 is 37.0 Å². The van der Waals surface area contributed by atoms with E-state index in [1.54, 1.807) is 37.5 Å². The highest BCUT2D eigenvalue weighted by Crippen LogP contribution is 2.49. The molecule has 0 unspecified atom stereocenters. The van der Waals surface area contributed by atoms with Gasteiger partial charge in [-0.2, -0.15) is 0 Å². The predicted molar refractivity (Wildman–Crippen MR) is 111 cm³/mol. The molecule has 8 heteroatoms. The summed E-state index contributed by atoms with van der Waals surface area (Å²) in [6.07, 6.45) is 1.29. The molecular formula is C25H15F3O5. The molecule has 1 atom stereocenters. The molecule has 0 spiro atoms. The topological polar surface area (TPSA) is 61.8 Å². The van der Waals surface area contributed by atoms with Crippen molar-refractivity contribution in [2.24, 2.45) is 0 Å². The summed E-state index contributed by atoms with van der Waals surface area (Å²) < 4.78 is 57.6. The number of rotatable bonds is 3. The fraction of sp³-hybridized carbons (Fsp3) is 0.120. The monoisotopic (exact) mass is 452 g/mol. The number of carbonyl (C=O) groups is 2. The Bertz CT molecular complexity index is 1320. The minimum absolute atomic E-state index is 0.0290. The number of carbonyl (C=O) groups excluding carboxylic acids is 2. The van der Waals surface area contributed by atoms with Crippen LogP contribution in [0.3, 0.4) is 0 Å². The average molecular weight is 452 g/mol. The maximum atomic E-state index is 13.9. The number of Topliss-reactive ketones (excluding diaryl/α,β-unsaturated/α-hetero) is 1. The van der Waals surface area contributed by atoms with Gasteiger partial charge in [0.15, 0.2) is 23.2 Å². The number of hydrogen-bond donors (Lipinski definition) is 0. The fourth-order valence-corrected chi connectivity index (χ4v) is 4.02. The number of esters is 1. The van der Waals surface area contributed by atoms with Crippen LogP contribution in [-0.2, 0) is 4.79 Å². The van der Waals surface area contributed by atoms with Gasteiger partial charge in [0, 0.05) is 11.5 Å². The molecule has 0 N–H and O–H groups in total. The molecule has 0 aromatic heterocycles. The molecule has 0 saturated heterocycles. The lowest BCUT2D eigenvalue weighted by molar-refractivity contribution is -0.135. The van der Waals surface area contributed by atoms with Gasteiger partial charge in [0.05, 0.1) is 19.1 Å². The maximum absolute atomic E-state index is 13.9. The predicted octanol–water partition coefficient (Wildman–Crippen LogP) is 5.17. The third kappa shape index (κ3) is 3.53. The Kier molecular flexibility index (Phi) is 4.92. The van der Waals surface area contributed by atoms with Crippen LogP contribution >= 0.6 is 0 Å². The molecule has 0 fully saturated rings. The number of methoxy groups -OCH3 is 1. The van der Waals surface area contributed by atoms with Crippen LogP contribution in [0.25, 0.3) is 6.08 Å². The van der Waals surface area contributed by atoms with E-state index in [1.165, 1.54) is 12.1 Å². The first-order chi connectivity index (χ1) is 15.9. The second-order valence-electron chi connectivity index (χ2n) is 7.60. The summed E-state index contributed by atoms with van der Waals surface area (Å²) in [5, 5.41) is 0. The normalized spacial score (nSPS) is 17.9. The molecule has 0 aliphatic carbocycles. The van der Waals surface area contributed by atoms with Gasteiger partial charge in [-0.3, -0.25) is 9.59 Å². The summed E-state index contributed by atoms with van der Waals surface area (Å²) in [5.74, 6) is -5.34. The molecule has 2 aliphatic rings. The number of hydrogen-bond acceptors (Lipinski definition) is 5. The van der Waals surface area contributed by atoms with E-state index in [0.717, 1.165) is 12.1 Å². The highest BCUT2D eigenvalue weighted by Gasteiger charge is 2.39. The zero-order chi connectivity index (χ0) is 23.3. The third-order valence-corrected chi connectivity index (χ3v) is 5.60. The van der Waals surface area contributed by atoms with E-state index < -0.39 is 35.1 Å². The largest absolute Gasteiger partial charge is 0.497 e. The highest BCUT2D eigenvalue weighted by molar-refractivity contribution is 6.15. The molecule has 166 valence electrons. The Balaban J connectivity index is 1.60. The standard InChI is InChI=1S/C25H15F3O5/c1-31-14-4-2-12(3-5-14)8-20-24(30)15-6-7-19-22(25(15)33-20)16(11-21(29)32-19)13-9-17(26)23(28)18(27)10-13/h2-10,16H,11H2,1H3/b20-8-/t16-/m1/s1. The number of allylic oxidation sites excluding steroid dienone is 1. The van der Waals surface area contributed by atoms with Crippen molar-refractivity contribution in [2.45, 2.75) is 12.3 Å². The van der Waals surface area contributed by atoms with E-state index in [2.05, 4.69) is 0 Å². The zero-order valence-electron chi connectivity index (χ0n) is 17.2. The minimum Gasteiger partial charge on any atom is -0.497 e. The highest BCUT2D eigenvalue weighted by atomic mass is 19.2. The van der Waals surface area contributed by atoms with Gasteiger partial charge in [-0.15, -0.1) is 0 Å². The van der Waals surface area contributed by atoms with Crippen LogP contribution in [0, 0.1) is 17.5 Å². The Morgan fingerprint density at radius 3 is 2.33 bits per heavy atom. The van der Waals surface area contributed by atoms with Crippen molar-refractivity contribution in [1.82, 2.24) is 0 Å². The van der Waals surface area contributed by atoms with Crippen LogP contribution in [-0.4, -0.2) is 18.9 Å². The van der Waals surface area contributed by atoms with E-state index in [1.807, 2.05) is 0 Å². The van der Waals surface area contributed by atoms with E-state index in [4.69, 9.17) is 14.2 Å². The number of fused-ring (bicyclic) bond motifs is 3. The van der Waals surface area contributed by atoms with Gasteiger partial charge in [0.2, 0.25) is 5.78 Å². The summed E-state index contributed by atoms with van der Waals surface area (Å²) in [7, 11) is 1.54. The number of ketones is 1. The smallest absolute Gasteiger partial charge is 0.312 e. The SMILES string of the molecule is COc1ccc(/C=C2\Oc3c(ccc4c3[C@@H](c3cc(F)c(F)c(F)c3)CC(=O)O4)C2=O)cc1. The van der Waals surface area contributed by atoms with Crippen LogP contribution in [0.5, 0.6) is 17.2 Å². The van der Waals surface area contributed by atoms with Gasteiger partial charge in [0.25, 0.3) is 0 Å². The maximum Gasteiger partial charge on any atom is 0.312 e. The van der Waals surface area contributed by atoms with Crippen LogP contribution in [0.15, 0.2) is 54.3 Å². The molecule has 2 heterocycles. The molecule has 5 nitrogen and oxygen atoms in total. The Morgan fingerprint density at radius 2 is 1.67 bits per heavy atom. The zero-order valence-corrected chi connectivity index (χ0v) is 17.2. The van der Waals surface area contributed by atoms with E-state index in [9.17, 15) is 22.8 Å². The van der Waals surface area contributed by atoms with Crippen molar-refractivity contribution >= 4 is 17.8 Å². The van der Waals surface area contributed by atoms with Gasteiger partial charge in [-0.05, 0) is 53.6 Å². The van der Waals surface area contributed by atoms with Crippen molar-refractivity contribution in [2.75, 3.05) is 7.11 Å². The van der Waals surface area contributed by atoms with Gasteiger partial charge in [-0.1, -0.05) is 12.1 Å². The van der Waals surface area contributed by atoms with Crippen molar-refractivity contribution in [3.8, 4) is 17.2 Å². The van der Waals surface area contributed by atoms with Gasteiger partial charge < -0.3 is 14.2 Å². The second kappa shape index (κ2) is 7.81. The molecule has 0 bridgehead atoms. The molecular weight excluding hydrogens is 437 g/mol. The summed E-state index contributed by atoms with van der Waals surface area (Å²) >= 11 is 0. The molecule has 0 radical (unpaired) electrons. The minimum atomic E-state index is -1.60. The fourth-order valence-electron chi connectivity index (χ4n) is 4.02. The van der Waals surface area contributed by atoms with Gasteiger partial charge in [0.1, 0.15) is 17.2 Å². The van der Waals surface area contributed by atoms with Crippen LogP contribution in [0.4, 0.5) is 13.2 Å². The molecule has 3 aromatic carbocycles. The Labute approximate surface area is 186 Å². The quantitative estimate of drug-likeness (QED) is 0.238. The molecule has 0 saturated carbocycles. The van der Waals surface area contributed by atoms with Crippen LogP contribution in [0.1, 0.15) is 39.4 Å². The summed E-state index contributed by atoms with van der Waals surface area (Å²) in [6.45, 7) is 0. The molecule has 33 heavy (non-hydrogen) atoms.